The minimum Gasteiger partial charge on any atom is -0.326 e. The average Bonchev–Trinajstić information content (AvgIpc) is 2.84. The zero-order valence-electron chi connectivity index (χ0n) is 16.4. The Morgan fingerprint density at radius 3 is 2.79 bits per heavy atom. The molecule has 2 N–H and O–H groups in total. The van der Waals surface area contributed by atoms with Crippen LogP contribution in [0.1, 0.15) is 25.8 Å². The molecule has 0 spiro atoms. The molecular weight excluding hydrogens is 408 g/mol. The van der Waals surface area contributed by atoms with E-state index < -0.39 is 9.84 Å². The van der Waals surface area contributed by atoms with E-state index in [-0.39, 0.29) is 34.8 Å². The van der Waals surface area contributed by atoms with E-state index in [1.54, 1.807) is 12.1 Å². The van der Waals surface area contributed by atoms with Crippen LogP contribution in [-0.2, 0) is 25.8 Å². The van der Waals surface area contributed by atoms with Crippen molar-refractivity contribution >= 4 is 44.8 Å². The molecule has 3 rings (SSSR count). The number of aryl methyl sites for hydroxylation is 1. The quantitative estimate of drug-likeness (QED) is 0.726. The van der Waals surface area contributed by atoms with Gasteiger partial charge < -0.3 is 10.6 Å². The molecule has 8 heteroatoms. The molecule has 1 aliphatic heterocycles. The Balaban J connectivity index is 1.67. The lowest BCUT2D eigenvalue weighted by Crippen LogP contribution is -2.20. The highest BCUT2D eigenvalue weighted by molar-refractivity contribution is 7.99. The normalized spacial score (nSPS) is 16.5. The summed E-state index contributed by atoms with van der Waals surface area (Å²) in [5, 5.41) is 5.54. The van der Waals surface area contributed by atoms with Crippen LogP contribution in [0.25, 0.3) is 0 Å². The fourth-order valence-corrected chi connectivity index (χ4v) is 5.18. The molecule has 0 aromatic heterocycles. The summed E-state index contributed by atoms with van der Waals surface area (Å²) in [5.41, 5.74) is 2.26. The fourth-order valence-electron chi connectivity index (χ4n) is 2.91. The Bertz CT molecular complexity index is 1030. The summed E-state index contributed by atoms with van der Waals surface area (Å²) >= 11 is 1.52. The second-order valence-corrected chi connectivity index (χ2v) is 10.2. The van der Waals surface area contributed by atoms with E-state index in [4.69, 9.17) is 0 Å². The maximum absolute atomic E-state index is 12.7. The van der Waals surface area contributed by atoms with Gasteiger partial charge in [0.05, 0.1) is 16.3 Å². The second-order valence-electron chi connectivity index (χ2n) is 7.03. The number of carbonyl (C=O) groups is 2. The van der Waals surface area contributed by atoms with Crippen molar-refractivity contribution in [2.24, 2.45) is 5.92 Å². The Hall–Kier alpha value is -2.32. The van der Waals surface area contributed by atoms with Crippen molar-refractivity contribution < 1.29 is 18.0 Å². The van der Waals surface area contributed by atoms with Gasteiger partial charge in [-0.3, -0.25) is 9.59 Å². The summed E-state index contributed by atoms with van der Waals surface area (Å²) < 4.78 is 25.4. The topological polar surface area (TPSA) is 92.3 Å². The van der Waals surface area contributed by atoms with Gasteiger partial charge in [0.2, 0.25) is 11.8 Å². The third-order valence-electron chi connectivity index (χ3n) is 4.72. The first-order valence-electron chi connectivity index (χ1n) is 9.48. The molecule has 1 atom stereocenters. The first kappa shape index (κ1) is 21.4. The van der Waals surface area contributed by atoms with E-state index >= 15 is 0 Å². The van der Waals surface area contributed by atoms with E-state index in [0.717, 1.165) is 16.9 Å². The van der Waals surface area contributed by atoms with Crippen LogP contribution in [0, 0.1) is 5.92 Å². The summed E-state index contributed by atoms with van der Waals surface area (Å²) in [6.45, 7) is 3.86. The first-order chi connectivity index (χ1) is 13.8. The highest BCUT2D eigenvalue weighted by Crippen LogP contribution is 2.34. The predicted octanol–water partition coefficient (Wildman–Crippen LogP) is 3.73. The minimum absolute atomic E-state index is 0.104. The lowest BCUT2D eigenvalue weighted by atomic mass is 10.1. The molecule has 154 valence electrons. The van der Waals surface area contributed by atoms with Gasteiger partial charge in [0, 0.05) is 28.7 Å². The van der Waals surface area contributed by atoms with Crippen molar-refractivity contribution in [1.29, 1.82) is 0 Å². The Labute approximate surface area is 175 Å². The molecule has 2 amide bonds. The summed E-state index contributed by atoms with van der Waals surface area (Å²) in [6, 6.07) is 12.2. The molecule has 1 aliphatic rings. The summed E-state index contributed by atoms with van der Waals surface area (Å²) in [4.78, 5) is 25.2. The van der Waals surface area contributed by atoms with Crippen molar-refractivity contribution in [2.75, 3.05) is 22.1 Å². The summed E-state index contributed by atoms with van der Waals surface area (Å²) in [5.74, 6) is -0.288. The molecule has 29 heavy (non-hydrogen) atoms. The summed E-state index contributed by atoms with van der Waals surface area (Å²) in [7, 11) is -3.66. The van der Waals surface area contributed by atoms with Gasteiger partial charge in [0.15, 0.2) is 9.84 Å². The van der Waals surface area contributed by atoms with Gasteiger partial charge in [-0.1, -0.05) is 26.0 Å². The lowest BCUT2D eigenvalue weighted by molar-refractivity contribution is -0.118. The molecule has 1 heterocycles. The third-order valence-corrected chi connectivity index (χ3v) is 7.77. The SMILES string of the molecule is CCc1cccc(NC(=O)CCS(=O)(=O)c2ccc3c(c2)NC(=O)[C@H](C)CS3)c1. The van der Waals surface area contributed by atoms with Crippen LogP contribution in [-0.4, -0.2) is 31.7 Å². The molecule has 0 aliphatic carbocycles. The number of rotatable bonds is 6. The van der Waals surface area contributed by atoms with E-state index in [1.807, 2.05) is 32.0 Å². The largest absolute Gasteiger partial charge is 0.326 e. The van der Waals surface area contributed by atoms with E-state index in [2.05, 4.69) is 10.6 Å². The van der Waals surface area contributed by atoms with Gasteiger partial charge in [-0.15, -0.1) is 11.8 Å². The lowest BCUT2D eigenvalue weighted by Gasteiger charge is -2.11. The number of amides is 2. The van der Waals surface area contributed by atoms with Gasteiger partial charge in [-0.05, 0) is 42.3 Å². The molecular formula is C21H24N2O4S2. The van der Waals surface area contributed by atoms with E-state index in [1.165, 1.54) is 23.9 Å². The number of sulfone groups is 1. The van der Waals surface area contributed by atoms with Crippen molar-refractivity contribution in [3.8, 4) is 0 Å². The first-order valence-corrected chi connectivity index (χ1v) is 12.1. The number of carbonyl (C=O) groups excluding carboxylic acids is 2. The second kappa shape index (κ2) is 9.00. The number of nitrogens with one attached hydrogen (secondary N) is 2. The van der Waals surface area contributed by atoms with Crippen LogP contribution in [0.15, 0.2) is 52.3 Å². The highest BCUT2D eigenvalue weighted by atomic mass is 32.2. The van der Waals surface area contributed by atoms with Gasteiger partial charge in [0.1, 0.15) is 0 Å². The predicted molar refractivity (Wildman–Crippen MR) is 116 cm³/mol. The van der Waals surface area contributed by atoms with Crippen molar-refractivity contribution in [2.45, 2.75) is 36.5 Å². The number of anilines is 2. The molecule has 2 aromatic rings. The molecule has 0 saturated carbocycles. The van der Waals surface area contributed by atoms with Crippen LogP contribution >= 0.6 is 11.8 Å². The number of fused-ring (bicyclic) bond motifs is 1. The average molecular weight is 433 g/mol. The standard InChI is InChI=1S/C21H24N2O4S2/c1-3-15-5-4-6-16(11-15)22-20(24)9-10-29(26,27)17-7-8-19-18(12-17)23-21(25)14(2)13-28-19/h4-8,11-12,14H,3,9-10,13H2,1-2H3,(H,22,24)(H,23,25)/t14-/m1/s1. The third kappa shape index (κ3) is 5.39. The monoisotopic (exact) mass is 432 g/mol. The fraction of sp³-hybridized carbons (Fsp3) is 0.333. The van der Waals surface area contributed by atoms with Crippen molar-refractivity contribution in [3.63, 3.8) is 0 Å². The molecule has 6 nitrogen and oxygen atoms in total. The van der Waals surface area contributed by atoms with Gasteiger partial charge in [0.25, 0.3) is 0 Å². The van der Waals surface area contributed by atoms with E-state index in [9.17, 15) is 18.0 Å². The maximum atomic E-state index is 12.7. The van der Waals surface area contributed by atoms with Crippen LogP contribution < -0.4 is 10.6 Å². The van der Waals surface area contributed by atoms with E-state index in [0.29, 0.717) is 17.1 Å². The molecule has 2 aromatic carbocycles. The molecule has 0 unspecified atom stereocenters. The minimum atomic E-state index is -3.66. The molecule has 0 saturated heterocycles. The van der Waals surface area contributed by atoms with Crippen LogP contribution in [0.2, 0.25) is 0 Å². The van der Waals surface area contributed by atoms with Gasteiger partial charge in [-0.2, -0.15) is 0 Å². The number of benzene rings is 2. The Morgan fingerprint density at radius 1 is 1.24 bits per heavy atom. The molecule has 0 radical (unpaired) electrons. The zero-order chi connectivity index (χ0) is 21.0. The Morgan fingerprint density at radius 2 is 2.03 bits per heavy atom. The van der Waals surface area contributed by atoms with Gasteiger partial charge >= 0.3 is 0 Å². The number of hydrogen-bond donors (Lipinski definition) is 2. The van der Waals surface area contributed by atoms with Crippen LogP contribution in [0.3, 0.4) is 0 Å². The van der Waals surface area contributed by atoms with Crippen LogP contribution in [0.4, 0.5) is 11.4 Å². The van der Waals surface area contributed by atoms with Crippen LogP contribution in [0.5, 0.6) is 0 Å². The Kier molecular flexibility index (Phi) is 6.64. The van der Waals surface area contributed by atoms with Crippen molar-refractivity contribution in [1.82, 2.24) is 0 Å². The highest BCUT2D eigenvalue weighted by Gasteiger charge is 2.23. The number of hydrogen-bond acceptors (Lipinski definition) is 5. The van der Waals surface area contributed by atoms with Crippen molar-refractivity contribution in [3.05, 3.63) is 48.0 Å². The maximum Gasteiger partial charge on any atom is 0.228 e. The smallest absolute Gasteiger partial charge is 0.228 e. The molecule has 0 bridgehead atoms. The zero-order valence-corrected chi connectivity index (χ0v) is 18.0. The molecule has 0 fully saturated rings. The van der Waals surface area contributed by atoms with Gasteiger partial charge in [-0.25, -0.2) is 8.42 Å². The summed E-state index contributed by atoms with van der Waals surface area (Å²) in [6.07, 6.45) is 0.706. The number of thioether (sulfide) groups is 1.